The van der Waals surface area contributed by atoms with Gasteiger partial charge in [-0.1, -0.05) is 0 Å². The van der Waals surface area contributed by atoms with Crippen LogP contribution >= 0.6 is 0 Å². The van der Waals surface area contributed by atoms with Gasteiger partial charge in [0.25, 0.3) is 5.56 Å². The molecule has 0 unspecified atom stereocenters. The van der Waals surface area contributed by atoms with Crippen molar-refractivity contribution in [3.63, 3.8) is 0 Å². The molecule has 2 aromatic heterocycles. The first-order chi connectivity index (χ1) is 8.38. The number of hydrogen-bond donors (Lipinski definition) is 2. The van der Waals surface area contributed by atoms with Crippen molar-refractivity contribution >= 4 is 11.2 Å². The molecule has 0 bridgehead atoms. The van der Waals surface area contributed by atoms with Crippen molar-refractivity contribution < 1.29 is 13.2 Å². The van der Waals surface area contributed by atoms with Gasteiger partial charge in [-0.15, -0.1) is 0 Å². The molecule has 0 atom stereocenters. The zero-order chi connectivity index (χ0) is 13.3. The van der Waals surface area contributed by atoms with Crippen LogP contribution in [-0.2, 0) is 6.54 Å². The molecule has 0 saturated heterocycles. The molecule has 2 aromatic rings. The monoisotopic (exact) mass is 262 g/mol. The minimum atomic E-state index is -4.27. The van der Waals surface area contributed by atoms with Crippen molar-refractivity contribution in [1.29, 1.82) is 0 Å². The van der Waals surface area contributed by atoms with Gasteiger partial charge in [0.05, 0.1) is 6.33 Å². The summed E-state index contributed by atoms with van der Waals surface area (Å²) in [6.45, 7) is -0.156. The van der Waals surface area contributed by atoms with Crippen molar-refractivity contribution in [1.82, 2.24) is 19.5 Å². The number of nitrogens with one attached hydrogen (secondary N) is 2. The molecule has 0 radical (unpaired) electrons. The summed E-state index contributed by atoms with van der Waals surface area (Å²) in [4.78, 5) is 31.1. The maximum Gasteiger partial charge on any atom is 0.389 e. The van der Waals surface area contributed by atoms with Gasteiger partial charge in [0, 0.05) is 13.0 Å². The average molecular weight is 262 g/mol. The third-order valence-corrected chi connectivity index (χ3v) is 2.41. The molecule has 0 fully saturated rings. The third-order valence-electron chi connectivity index (χ3n) is 2.41. The Morgan fingerprint density at radius 3 is 2.72 bits per heavy atom. The zero-order valence-electron chi connectivity index (χ0n) is 9.04. The summed E-state index contributed by atoms with van der Waals surface area (Å²) in [5.41, 5.74) is -1.27. The van der Waals surface area contributed by atoms with Crippen LogP contribution in [0.3, 0.4) is 0 Å². The van der Waals surface area contributed by atoms with Gasteiger partial charge < -0.3 is 4.98 Å². The highest BCUT2D eigenvalue weighted by Gasteiger charge is 2.26. The number of nitrogens with zero attached hydrogens (tertiary/aromatic N) is 2. The number of imidazole rings is 1. The molecule has 0 aliphatic rings. The van der Waals surface area contributed by atoms with E-state index in [1.807, 2.05) is 4.98 Å². The Labute approximate surface area is 97.5 Å². The molecule has 9 heteroatoms. The second-order valence-corrected chi connectivity index (χ2v) is 3.73. The predicted molar refractivity (Wildman–Crippen MR) is 56.3 cm³/mol. The van der Waals surface area contributed by atoms with Crippen molar-refractivity contribution in [2.24, 2.45) is 0 Å². The highest BCUT2D eigenvalue weighted by atomic mass is 19.4. The number of aromatic amines is 2. The molecule has 0 saturated carbocycles. The highest BCUT2D eigenvalue weighted by molar-refractivity contribution is 5.68. The maximum atomic E-state index is 12.0. The molecule has 0 amide bonds. The number of hydrogen-bond acceptors (Lipinski definition) is 3. The zero-order valence-corrected chi connectivity index (χ0v) is 9.04. The van der Waals surface area contributed by atoms with Gasteiger partial charge in [-0.2, -0.15) is 13.2 Å². The lowest BCUT2D eigenvalue weighted by molar-refractivity contribution is -0.135. The summed E-state index contributed by atoms with van der Waals surface area (Å²) in [6, 6.07) is 0. The van der Waals surface area contributed by atoms with Crippen LogP contribution in [0.4, 0.5) is 13.2 Å². The first-order valence-corrected chi connectivity index (χ1v) is 5.11. The first kappa shape index (κ1) is 12.4. The van der Waals surface area contributed by atoms with E-state index in [2.05, 4.69) is 9.97 Å². The number of rotatable bonds is 3. The minimum absolute atomic E-state index is 0.0610. The Balaban J connectivity index is 2.31. The Morgan fingerprint density at radius 2 is 2.06 bits per heavy atom. The lowest BCUT2D eigenvalue weighted by Crippen LogP contribution is -2.30. The first-order valence-electron chi connectivity index (χ1n) is 5.11. The van der Waals surface area contributed by atoms with Crippen LogP contribution < -0.4 is 11.2 Å². The molecule has 98 valence electrons. The molecule has 2 heterocycles. The Kier molecular flexibility index (Phi) is 2.97. The van der Waals surface area contributed by atoms with E-state index in [1.165, 1.54) is 6.33 Å². The fourth-order valence-corrected chi connectivity index (χ4v) is 1.63. The topological polar surface area (TPSA) is 83.5 Å². The van der Waals surface area contributed by atoms with E-state index in [0.717, 1.165) is 4.57 Å². The Bertz CT molecular complexity index is 667. The molecule has 2 rings (SSSR count). The van der Waals surface area contributed by atoms with Gasteiger partial charge in [-0.25, -0.2) is 9.78 Å². The van der Waals surface area contributed by atoms with Crippen molar-refractivity contribution in [3.05, 3.63) is 27.2 Å². The van der Waals surface area contributed by atoms with E-state index < -0.39 is 23.8 Å². The number of alkyl halides is 3. The number of aromatic nitrogens is 4. The summed E-state index contributed by atoms with van der Waals surface area (Å²) >= 11 is 0. The summed E-state index contributed by atoms with van der Waals surface area (Å²) in [5, 5.41) is 0. The van der Waals surface area contributed by atoms with Gasteiger partial charge in [-0.05, 0) is 6.42 Å². The standard InChI is InChI=1S/C9H9F3N4O2/c10-9(11,12)2-1-3-16-6-5(13-4-14-6)7(17)15-8(16)18/h4H,1-3H2,(H,13,14)(H,15,17,18). The molecule has 0 spiro atoms. The molecule has 0 aliphatic heterocycles. The molecular weight excluding hydrogens is 253 g/mol. The third kappa shape index (κ3) is 2.44. The summed E-state index contributed by atoms with van der Waals surface area (Å²) in [5.74, 6) is 0. The Hall–Kier alpha value is -2.06. The normalized spacial score (nSPS) is 12.2. The SMILES string of the molecule is O=c1[nH]c(=O)n(CCCC(F)(F)F)c2nc[nH]c12. The molecule has 2 N–H and O–H groups in total. The fourth-order valence-electron chi connectivity index (χ4n) is 1.63. The molecule has 0 aromatic carbocycles. The van der Waals surface area contributed by atoms with Gasteiger partial charge in [0.15, 0.2) is 5.65 Å². The number of H-pyrrole nitrogens is 2. The van der Waals surface area contributed by atoms with Gasteiger partial charge in [-0.3, -0.25) is 14.3 Å². The van der Waals surface area contributed by atoms with Crippen molar-refractivity contribution in [2.45, 2.75) is 25.6 Å². The van der Waals surface area contributed by atoms with E-state index in [0.29, 0.717) is 0 Å². The number of aryl methyl sites for hydroxylation is 1. The maximum absolute atomic E-state index is 12.0. The van der Waals surface area contributed by atoms with Crippen LogP contribution in [0.5, 0.6) is 0 Å². The molecule has 6 nitrogen and oxygen atoms in total. The lowest BCUT2D eigenvalue weighted by atomic mass is 10.3. The van der Waals surface area contributed by atoms with E-state index >= 15 is 0 Å². The van der Waals surface area contributed by atoms with Gasteiger partial charge in [0.2, 0.25) is 0 Å². The van der Waals surface area contributed by atoms with Crippen LogP contribution in [0.25, 0.3) is 11.2 Å². The minimum Gasteiger partial charge on any atom is -0.339 e. The Morgan fingerprint density at radius 1 is 1.33 bits per heavy atom. The molecule has 0 aliphatic carbocycles. The van der Waals surface area contributed by atoms with Crippen LogP contribution in [0, 0.1) is 0 Å². The van der Waals surface area contributed by atoms with Crippen molar-refractivity contribution in [3.8, 4) is 0 Å². The van der Waals surface area contributed by atoms with E-state index in [4.69, 9.17) is 0 Å². The lowest BCUT2D eigenvalue weighted by Gasteiger charge is -2.07. The number of fused-ring (bicyclic) bond motifs is 1. The van der Waals surface area contributed by atoms with Crippen molar-refractivity contribution in [2.75, 3.05) is 0 Å². The van der Waals surface area contributed by atoms with Crippen LogP contribution in [0.15, 0.2) is 15.9 Å². The van der Waals surface area contributed by atoms with Crippen LogP contribution in [0.2, 0.25) is 0 Å². The van der Waals surface area contributed by atoms with Crippen LogP contribution in [-0.4, -0.2) is 25.7 Å². The van der Waals surface area contributed by atoms with Gasteiger partial charge in [0.1, 0.15) is 5.52 Å². The van der Waals surface area contributed by atoms with E-state index in [9.17, 15) is 22.8 Å². The molecular formula is C9H9F3N4O2. The van der Waals surface area contributed by atoms with Gasteiger partial charge >= 0.3 is 11.9 Å². The summed E-state index contributed by atoms with van der Waals surface area (Å²) < 4.78 is 37.0. The average Bonchev–Trinajstić information content (AvgIpc) is 2.70. The van der Waals surface area contributed by atoms with E-state index in [1.54, 1.807) is 0 Å². The summed E-state index contributed by atoms with van der Waals surface area (Å²) in [6.07, 6.45) is -4.31. The second kappa shape index (κ2) is 4.31. The fraction of sp³-hybridized carbons (Fsp3) is 0.444. The summed E-state index contributed by atoms with van der Waals surface area (Å²) in [7, 11) is 0. The largest absolute Gasteiger partial charge is 0.389 e. The number of halogens is 3. The quantitative estimate of drug-likeness (QED) is 0.856. The van der Waals surface area contributed by atoms with Crippen LogP contribution in [0.1, 0.15) is 12.8 Å². The van der Waals surface area contributed by atoms with E-state index in [-0.39, 0.29) is 24.1 Å². The smallest absolute Gasteiger partial charge is 0.339 e. The second-order valence-electron chi connectivity index (χ2n) is 3.73. The highest BCUT2D eigenvalue weighted by Crippen LogP contribution is 2.21. The predicted octanol–water partition coefficient (Wildman–Crippen LogP) is 0.755. The molecule has 18 heavy (non-hydrogen) atoms.